The highest BCUT2D eigenvalue weighted by atomic mass is 16.5. The van der Waals surface area contributed by atoms with Crippen LogP contribution in [-0.2, 0) is 6.54 Å². The first-order chi connectivity index (χ1) is 14.1. The van der Waals surface area contributed by atoms with E-state index in [0.717, 1.165) is 5.56 Å². The second-order valence-corrected chi connectivity index (χ2v) is 6.59. The highest BCUT2D eigenvalue weighted by Crippen LogP contribution is 2.25. The maximum Gasteiger partial charge on any atom is 0.261 e. The molecule has 1 aliphatic rings. The van der Waals surface area contributed by atoms with E-state index in [4.69, 9.17) is 4.74 Å². The van der Waals surface area contributed by atoms with E-state index in [1.54, 1.807) is 67.8 Å². The lowest BCUT2D eigenvalue weighted by Crippen LogP contribution is -2.29. The van der Waals surface area contributed by atoms with E-state index in [9.17, 15) is 14.4 Å². The number of anilines is 1. The number of hydrogen-bond donors (Lipinski definition) is 1. The monoisotopic (exact) mass is 386 g/mol. The molecule has 3 amide bonds. The summed E-state index contributed by atoms with van der Waals surface area (Å²) >= 11 is 0. The van der Waals surface area contributed by atoms with Gasteiger partial charge < -0.3 is 10.1 Å². The highest BCUT2D eigenvalue weighted by molar-refractivity contribution is 6.21. The molecular weight excluding hydrogens is 368 g/mol. The summed E-state index contributed by atoms with van der Waals surface area (Å²) in [6.07, 6.45) is 0. The Labute approximate surface area is 167 Å². The molecule has 144 valence electrons. The van der Waals surface area contributed by atoms with Crippen molar-refractivity contribution < 1.29 is 19.1 Å². The number of carbonyl (C=O) groups excluding carboxylic acids is 3. The molecule has 0 saturated carbocycles. The SMILES string of the molecule is COc1ccccc1NC(=O)c1ccc(CN2C(=O)c3ccccc3C2=O)cc1. The number of ether oxygens (including phenoxy) is 1. The quantitative estimate of drug-likeness (QED) is 0.678. The number of methoxy groups -OCH3 is 1. The number of rotatable bonds is 5. The van der Waals surface area contributed by atoms with Gasteiger partial charge >= 0.3 is 0 Å². The Morgan fingerprint density at radius 1 is 0.862 bits per heavy atom. The van der Waals surface area contributed by atoms with Crippen molar-refractivity contribution in [3.63, 3.8) is 0 Å². The van der Waals surface area contributed by atoms with E-state index >= 15 is 0 Å². The molecule has 0 atom stereocenters. The zero-order valence-electron chi connectivity index (χ0n) is 15.7. The molecule has 1 heterocycles. The van der Waals surface area contributed by atoms with Crippen LogP contribution in [0.15, 0.2) is 72.8 Å². The fraction of sp³-hybridized carbons (Fsp3) is 0.0870. The van der Waals surface area contributed by atoms with Crippen LogP contribution in [0.3, 0.4) is 0 Å². The molecule has 3 aromatic carbocycles. The van der Waals surface area contributed by atoms with Crippen molar-refractivity contribution in [1.29, 1.82) is 0 Å². The standard InChI is InChI=1S/C23H18N2O4/c1-29-20-9-5-4-8-19(20)24-21(26)16-12-10-15(11-13-16)14-25-22(27)17-6-2-3-7-18(17)23(25)28/h2-13H,14H2,1H3,(H,24,26). The minimum atomic E-state index is -0.302. The van der Waals surface area contributed by atoms with E-state index in [1.807, 2.05) is 12.1 Å². The minimum absolute atomic E-state index is 0.154. The molecule has 0 fully saturated rings. The Bertz CT molecular complexity index is 1070. The number of benzene rings is 3. The van der Waals surface area contributed by atoms with Gasteiger partial charge in [-0.2, -0.15) is 0 Å². The highest BCUT2D eigenvalue weighted by Gasteiger charge is 2.34. The van der Waals surface area contributed by atoms with Crippen LogP contribution in [0.4, 0.5) is 5.69 Å². The molecule has 6 heteroatoms. The van der Waals surface area contributed by atoms with Crippen LogP contribution in [0.1, 0.15) is 36.6 Å². The second kappa shape index (κ2) is 7.59. The van der Waals surface area contributed by atoms with Gasteiger partial charge in [0.25, 0.3) is 17.7 Å². The van der Waals surface area contributed by atoms with Crippen LogP contribution in [0.5, 0.6) is 5.75 Å². The average molecular weight is 386 g/mol. The van der Waals surface area contributed by atoms with E-state index in [0.29, 0.717) is 28.1 Å². The van der Waals surface area contributed by atoms with Gasteiger partial charge in [0.1, 0.15) is 5.75 Å². The van der Waals surface area contributed by atoms with Crippen molar-refractivity contribution in [3.05, 3.63) is 95.1 Å². The Kier molecular flexibility index (Phi) is 4.83. The number of amides is 3. The lowest BCUT2D eigenvalue weighted by Gasteiger charge is -2.14. The molecule has 0 unspecified atom stereocenters. The van der Waals surface area contributed by atoms with Crippen LogP contribution in [0.25, 0.3) is 0 Å². The van der Waals surface area contributed by atoms with Crippen molar-refractivity contribution in [3.8, 4) is 5.75 Å². The average Bonchev–Trinajstić information content (AvgIpc) is 3.00. The van der Waals surface area contributed by atoms with Gasteiger partial charge in [-0.25, -0.2) is 0 Å². The summed E-state index contributed by atoms with van der Waals surface area (Å²) in [4.78, 5) is 38.7. The Morgan fingerprint density at radius 2 is 1.45 bits per heavy atom. The molecule has 1 N–H and O–H groups in total. The number of fused-ring (bicyclic) bond motifs is 1. The summed E-state index contributed by atoms with van der Waals surface area (Å²) in [5, 5.41) is 2.81. The van der Waals surface area contributed by atoms with E-state index in [-0.39, 0.29) is 24.3 Å². The zero-order chi connectivity index (χ0) is 20.4. The topological polar surface area (TPSA) is 75.7 Å². The predicted molar refractivity (Wildman–Crippen MR) is 108 cm³/mol. The molecule has 1 aliphatic heterocycles. The van der Waals surface area contributed by atoms with E-state index < -0.39 is 0 Å². The lowest BCUT2D eigenvalue weighted by atomic mass is 10.1. The third-order valence-electron chi connectivity index (χ3n) is 4.79. The number of imide groups is 1. The van der Waals surface area contributed by atoms with Gasteiger partial charge in [-0.05, 0) is 42.0 Å². The molecule has 29 heavy (non-hydrogen) atoms. The molecule has 4 rings (SSSR count). The first-order valence-corrected chi connectivity index (χ1v) is 9.07. The second-order valence-electron chi connectivity index (χ2n) is 6.59. The fourth-order valence-corrected chi connectivity index (χ4v) is 3.27. The first-order valence-electron chi connectivity index (χ1n) is 9.07. The molecular formula is C23H18N2O4. The minimum Gasteiger partial charge on any atom is -0.495 e. The Balaban J connectivity index is 1.47. The van der Waals surface area contributed by atoms with Gasteiger partial charge in [-0.3, -0.25) is 19.3 Å². The third-order valence-corrected chi connectivity index (χ3v) is 4.79. The van der Waals surface area contributed by atoms with E-state index in [1.165, 1.54) is 4.90 Å². The van der Waals surface area contributed by atoms with Gasteiger partial charge in [0.05, 0.1) is 30.5 Å². The van der Waals surface area contributed by atoms with Gasteiger partial charge in [0.2, 0.25) is 0 Å². The van der Waals surface area contributed by atoms with Gasteiger partial charge in [-0.15, -0.1) is 0 Å². The van der Waals surface area contributed by atoms with Crippen LogP contribution >= 0.6 is 0 Å². The zero-order valence-corrected chi connectivity index (χ0v) is 15.7. The lowest BCUT2D eigenvalue weighted by molar-refractivity contribution is 0.0642. The summed E-state index contributed by atoms with van der Waals surface area (Å²) in [6, 6.07) is 20.7. The molecule has 0 bridgehead atoms. The maximum absolute atomic E-state index is 12.5. The molecule has 0 spiro atoms. The largest absolute Gasteiger partial charge is 0.495 e. The third kappa shape index (κ3) is 3.48. The first kappa shape index (κ1) is 18.4. The fourth-order valence-electron chi connectivity index (χ4n) is 3.27. The van der Waals surface area contributed by atoms with Gasteiger partial charge in [0, 0.05) is 5.56 Å². The number of carbonyl (C=O) groups is 3. The van der Waals surface area contributed by atoms with Crippen LogP contribution < -0.4 is 10.1 Å². The molecule has 3 aromatic rings. The predicted octanol–water partition coefficient (Wildman–Crippen LogP) is 3.74. The normalized spacial score (nSPS) is 12.7. The van der Waals surface area contributed by atoms with Crippen molar-refractivity contribution in [2.75, 3.05) is 12.4 Å². The van der Waals surface area contributed by atoms with Crippen molar-refractivity contribution in [2.24, 2.45) is 0 Å². The number of hydrogen-bond acceptors (Lipinski definition) is 4. The van der Waals surface area contributed by atoms with Crippen LogP contribution in [0, 0.1) is 0 Å². The van der Waals surface area contributed by atoms with Crippen molar-refractivity contribution in [2.45, 2.75) is 6.54 Å². The van der Waals surface area contributed by atoms with Crippen LogP contribution in [-0.4, -0.2) is 29.7 Å². The molecule has 0 saturated heterocycles. The number of nitrogens with one attached hydrogen (secondary N) is 1. The van der Waals surface area contributed by atoms with Crippen LogP contribution in [0.2, 0.25) is 0 Å². The summed E-state index contributed by atoms with van der Waals surface area (Å²) in [5.74, 6) is -0.308. The summed E-state index contributed by atoms with van der Waals surface area (Å²) in [7, 11) is 1.54. The Hall–Kier alpha value is -3.93. The summed E-state index contributed by atoms with van der Waals surface area (Å²) < 4.78 is 5.24. The Morgan fingerprint density at radius 3 is 2.07 bits per heavy atom. The number of nitrogens with zero attached hydrogens (tertiary/aromatic N) is 1. The van der Waals surface area contributed by atoms with Crippen molar-refractivity contribution >= 4 is 23.4 Å². The maximum atomic E-state index is 12.5. The van der Waals surface area contributed by atoms with Crippen molar-refractivity contribution in [1.82, 2.24) is 4.90 Å². The van der Waals surface area contributed by atoms with Gasteiger partial charge in [0.15, 0.2) is 0 Å². The molecule has 0 aromatic heterocycles. The molecule has 6 nitrogen and oxygen atoms in total. The molecule has 0 aliphatic carbocycles. The molecule has 0 radical (unpaired) electrons. The summed E-state index contributed by atoms with van der Waals surface area (Å²) in [6.45, 7) is 0.154. The van der Waals surface area contributed by atoms with Gasteiger partial charge in [-0.1, -0.05) is 36.4 Å². The van der Waals surface area contributed by atoms with E-state index in [2.05, 4.69) is 5.32 Å². The summed E-state index contributed by atoms with van der Waals surface area (Å²) in [5.41, 5.74) is 2.64. The number of para-hydroxylation sites is 2. The smallest absolute Gasteiger partial charge is 0.261 e.